The number of hydrogen-bond acceptors (Lipinski definition) is 4. The second-order valence-electron chi connectivity index (χ2n) is 5.11. The van der Waals surface area contributed by atoms with E-state index in [1.54, 1.807) is 39.1 Å². The Morgan fingerprint density at radius 2 is 2.26 bits per heavy atom. The van der Waals surface area contributed by atoms with Crippen LogP contribution in [0.4, 0.5) is 4.79 Å². The SMILES string of the molecule is CC(C)(C)OC(=O)N[C@@H](CCO)c1cc(Cl)ccn1. The summed E-state index contributed by atoms with van der Waals surface area (Å²) in [6.07, 6.45) is 1.35. The van der Waals surface area contributed by atoms with Crippen molar-refractivity contribution in [3.8, 4) is 0 Å². The van der Waals surface area contributed by atoms with Crippen LogP contribution < -0.4 is 5.32 Å². The number of nitrogens with one attached hydrogen (secondary N) is 1. The van der Waals surface area contributed by atoms with Gasteiger partial charge in [0.05, 0.1) is 11.7 Å². The highest BCUT2D eigenvalue weighted by Gasteiger charge is 2.21. The molecule has 2 N–H and O–H groups in total. The summed E-state index contributed by atoms with van der Waals surface area (Å²) in [6.45, 7) is 5.27. The van der Waals surface area contributed by atoms with Crippen LogP contribution >= 0.6 is 11.6 Å². The van der Waals surface area contributed by atoms with Crippen molar-refractivity contribution < 1.29 is 14.6 Å². The predicted molar refractivity (Wildman–Crippen MR) is 73.1 cm³/mol. The Balaban J connectivity index is 2.76. The van der Waals surface area contributed by atoms with E-state index in [0.717, 1.165) is 0 Å². The maximum atomic E-state index is 11.7. The molecule has 19 heavy (non-hydrogen) atoms. The number of carbonyl (C=O) groups excluding carboxylic acids is 1. The van der Waals surface area contributed by atoms with E-state index in [1.807, 2.05) is 0 Å². The molecule has 1 amide bonds. The third-order valence-electron chi connectivity index (χ3n) is 2.21. The van der Waals surface area contributed by atoms with Gasteiger partial charge < -0.3 is 15.2 Å². The minimum absolute atomic E-state index is 0.0747. The van der Waals surface area contributed by atoms with Crippen molar-refractivity contribution in [3.63, 3.8) is 0 Å². The first-order valence-electron chi connectivity index (χ1n) is 6.03. The highest BCUT2D eigenvalue weighted by molar-refractivity contribution is 6.30. The number of hydrogen-bond donors (Lipinski definition) is 2. The van der Waals surface area contributed by atoms with Crippen LogP contribution in [-0.4, -0.2) is 28.4 Å². The summed E-state index contributed by atoms with van der Waals surface area (Å²) < 4.78 is 5.17. The van der Waals surface area contributed by atoms with Crippen LogP contribution in [0, 0.1) is 0 Å². The molecule has 0 spiro atoms. The van der Waals surface area contributed by atoms with Gasteiger partial charge in [0, 0.05) is 17.8 Å². The first-order chi connectivity index (χ1) is 8.81. The summed E-state index contributed by atoms with van der Waals surface area (Å²) in [7, 11) is 0. The Morgan fingerprint density at radius 3 is 2.79 bits per heavy atom. The second kappa shape index (κ2) is 6.73. The van der Waals surface area contributed by atoms with Gasteiger partial charge in [-0.1, -0.05) is 11.6 Å². The summed E-state index contributed by atoms with van der Waals surface area (Å²) in [4.78, 5) is 15.9. The molecule has 0 unspecified atom stereocenters. The standard InChI is InChI=1S/C13H19ClN2O3/c1-13(2,3)19-12(18)16-10(5-7-17)11-8-9(14)4-6-15-11/h4,6,8,10,17H,5,7H2,1-3H3,(H,16,18)/t10-/m0/s1. The van der Waals surface area contributed by atoms with E-state index < -0.39 is 17.7 Å². The van der Waals surface area contributed by atoms with E-state index in [-0.39, 0.29) is 6.61 Å². The topological polar surface area (TPSA) is 71.5 Å². The lowest BCUT2D eigenvalue weighted by Crippen LogP contribution is -2.35. The molecule has 1 atom stereocenters. The molecule has 0 aliphatic rings. The molecule has 5 nitrogen and oxygen atoms in total. The van der Waals surface area contributed by atoms with Gasteiger partial charge in [-0.15, -0.1) is 0 Å². The van der Waals surface area contributed by atoms with Gasteiger partial charge in [-0.2, -0.15) is 0 Å². The summed E-state index contributed by atoms with van der Waals surface area (Å²) in [5.41, 5.74) is 0.0164. The third kappa shape index (κ3) is 5.89. The summed E-state index contributed by atoms with van der Waals surface area (Å²) >= 11 is 5.89. The maximum Gasteiger partial charge on any atom is 0.408 e. The fraction of sp³-hybridized carbons (Fsp3) is 0.538. The molecule has 1 heterocycles. The number of carbonyl (C=O) groups is 1. The fourth-order valence-corrected chi connectivity index (χ4v) is 1.65. The average Bonchev–Trinajstić information content (AvgIpc) is 2.26. The van der Waals surface area contributed by atoms with Gasteiger partial charge in [-0.25, -0.2) is 4.79 Å². The molecule has 0 aromatic carbocycles. The molecule has 0 radical (unpaired) electrons. The molecule has 0 fully saturated rings. The Hall–Kier alpha value is -1.33. The fourth-order valence-electron chi connectivity index (χ4n) is 1.48. The van der Waals surface area contributed by atoms with Gasteiger partial charge in [0.1, 0.15) is 5.60 Å². The molecular weight excluding hydrogens is 268 g/mol. The van der Waals surface area contributed by atoms with E-state index in [4.69, 9.17) is 21.4 Å². The van der Waals surface area contributed by atoms with E-state index in [9.17, 15) is 4.79 Å². The van der Waals surface area contributed by atoms with Crippen LogP contribution in [-0.2, 0) is 4.74 Å². The second-order valence-corrected chi connectivity index (χ2v) is 5.55. The first-order valence-corrected chi connectivity index (χ1v) is 6.41. The number of alkyl carbamates (subject to hydrolysis) is 1. The first kappa shape index (κ1) is 15.7. The van der Waals surface area contributed by atoms with Crippen molar-refractivity contribution in [2.75, 3.05) is 6.61 Å². The van der Waals surface area contributed by atoms with Crippen LogP contribution in [0.2, 0.25) is 5.02 Å². The molecule has 0 aliphatic heterocycles. The Bertz CT molecular complexity index is 432. The molecule has 106 valence electrons. The van der Waals surface area contributed by atoms with E-state index >= 15 is 0 Å². The Labute approximate surface area is 117 Å². The van der Waals surface area contributed by atoms with E-state index in [2.05, 4.69) is 10.3 Å². The molecule has 0 aliphatic carbocycles. The molecule has 6 heteroatoms. The van der Waals surface area contributed by atoms with Crippen molar-refractivity contribution >= 4 is 17.7 Å². The van der Waals surface area contributed by atoms with Gasteiger partial charge in [-0.3, -0.25) is 4.98 Å². The van der Waals surface area contributed by atoms with Crippen LogP contribution in [0.3, 0.4) is 0 Å². The van der Waals surface area contributed by atoms with Crippen molar-refractivity contribution in [1.82, 2.24) is 10.3 Å². The number of ether oxygens (including phenoxy) is 1. The number of nitrogens with zero attached hydrogens (tertiary/aromatic N) is 1. The third-order valence-corrected chi connectivity index (χ3v) is 2.44. The van der Waals surface area contributed by atoms with E-state index in [0.29, 0.717) is 17.1 Å². The zero-order valence-electron chi connectivity index (χ0n) is 11.3. The summed E-state index contributed by atoms with van der Waals surface area (Å²) in [5.74, 6) is 0. The molecular formula is C13H19ClN2O3. The van der Waals surface area contributed by atoms with Gasteiger partial charge in [0.15, 0.2) is 0 Å². The van der Waals surface area contributed by atoms with Gasteiger partial charge in [0.2, 0.25) is 0 Å². The zero-order chi connectivity index (χ0) is 14.5. The quantitative estimate of drug-likeness (QED) is 0.893. The smallest absolute Gasteiger partial charge is 0.408 e. The number of aliphatic hydroxyl groups excluding tert-OH is 1. The minimum atomic E-state index is -0.574. The number of amides is 1. The van der Waals surface area contributed by atoms with Crippen LogP contribution in [0.1, 0.15) is 38.9 Å². The van der Waals surface area contributed by atoms with Crippen molar-refractivity contribution in [1.29, 1.82) is 0 Å². The van der Waals surface area contributed by atoms with Crippen molar-refractivity contribution in [3.05, 3.63) is 29.0 Å². The lowest BCUT2D eigenvalue weighted by molar-refractivity contribution is 0.0495. The number of halogens is 1. The normalized spacial score (nSPS) is 12.9. The lowest BCUT2D eigenvalue weighted by Gasteiger charge is -2.23. The predicted octanol–water partition coefficient (Wildman–Crippen LogP) is 2.68. The highest BCUT2D eigenvalue weighted by Crippen LogP contribution is 2.18. The van der Waals surface area contributed by atoms with Crippen molar-refractivity contribution in [2.24, 2.45) is 0 Å². The number of aromatic nitrogens is 1. The zero-order valence-corrected chi connectivity index (χ0v) is 12.1. The molecule has 0 saturated heterocycles. The number of pyridine rings is 1. The molecule has 1 aromatic rings. The van der Waals surface area contributed by atoms with Crippen LogP contribution in [0.5, 0.6) is 0 Å². The summed E-state index contributed by atoms with van der Waals surface area (Å²) in [6, 6.07) is 2.87. The number of aliphatic hydroxyl groups is 1. The lowest BCUT2D eigenvalue weighted by atomic mass is 10.1. The highest BCUT2D eigenvalue weighted by atomic mass is 35.5. The summed E-state index contributed by atoms with van der Waals surface area (Å²) in [5, 5.41) is 12.3. The van der Waals surface area contributed by atoms with Gasteiger partial charge >= 0.3 is 6.09 Å². The average molecular weight is 287 g/mol. The maximum absolute atomic E-state index is 11.7. The minimum Gasteiger partial charge on any atom is -0.444 e. The molecule has 1 aromatic heterocycles. The van der Waals surface area contributed by atoms with E-state index in [1.165, 1.54) is 0 Å². The van der Waals surface area contributed by atoms with Gasteiger partial charge in [0.25, 0.3) is 0 Å². The van der Waals surface area contributed by atoms with Crippen molar-refractivity contribution in [2.45, 2.75) is 38.8 Å². The molecule has 0 saturated carbocycles. The van der Waals surface area contributed by atoms with Crippen LogP contribution in [0.25, 0.3) is 0 Å². The Kier molecular flexibility index (Phi) is 5.57. The van der Waals surface area contributed by atoms with Gasteiger partial charge in [-0.05, 0) is 39.3 Å². The molecule has 1 rings (SSSR count). The number of rotatable bonds is 4. The largest absolute Gasteiger partial charge is 0.444 e. The monoisotopic (exact) mass is 286 g/mol. The Morgan fingerprint density at radius 1 is 1.58 bits per heavy atom. The molecule has 0 bridgehead atoms. The van der Waals surface area contributed by atoms with Crippen LogP contribution in [0.15, 0.2) is 18.3 Å².